The van der Waals surface area contributed by atoms with Gasteiger partial charge in [-0.3, -0.25) is 9.69 Å². The molecule has 1 aromatic rings. The molecule has 2 heterocycles. The standard InChI is InChI=1S/C22H34N2O5/c1-3-28-20-6-5-16(13-21(20)29-4-2)7-10-23-22(26)19-14-18(25)15-24(19)17-8-11-27-12-9-17/h5-6,13,17-19,25H,3-4,7-12,14-15H2,1-2H3,(H,23,26)/t18-,19+/m1/s1. The predicted molar refractivity (Wildman–Crippen MR) is 110 cm³/mol. The van der Waals surface area contributed by atoms with Gasteiger partial charge in [-0.05, 0) is 57.2 Å². The summed E-state index contributed by atoms with van der Waals surface area (Å²) in [6, 6.07) is 5.97. The van der Waals surface area contributed by atoms with E-state index in [-0.39, 0.29) is 11.9 Å². The van der Waals surface area contributed by atoms with Crippen LogP contribution in [0.3, 0.4) is 0 Å². The number of carbonyl (C=O) groups is 1. The lowest BCUT2D eigenvalue weighted by molar-refractivity contribution is -0.126. The molecule has 2 saturated heterocycles. The maximum absolute atomic E-state index is 12.8. The van der Waals surface area contributed by atoms with Crippen molar-refractivity contribution >= 4 is 5.91 Å². The molecule has 2 fully saturated rings. The number of likely N-dealkylation sites (tertiary alicyclic amines) is 1. The number of nitrogens with one attached hydrogen (secondary N) is 1. The van der Waals surface area contributed by atoms with Gasteiger partial charge in [0.15, 0.2) is 11.5 Å². The molecule has 7 heteroatoms. The van der Waals surface area contributed by atoms with E-state index in [0.717, 1.165) is 43.1 Å². The molecule has 0 radical (unpaired) electrons. The Morgan fingerprint density at radius 2 is 1.93 bits per heavy atom. The van der Waals surface area contributed by atoms with Crippen molar-refractivity contribution in [3.63, 3.8) is 0 Å². The third-order valence-corrected chi connectivity index (χ3v) is 5.60. The fourth-order valence-electron chi connectivity index (χ4n) is 4.22. The number of ether oxygens (including phenoxy) is 3. The first-order chi connectivity index (χ1) is 14.1. The summed E-state index contributed by atoms with van der Waals surface area (Å²) >= 11 is 0. The van der Waals surface area contributed by atoms with Gasteiger partial charge in [0.05, 0.1) is 25.4 Å². The summed E-state index contributed by atoms with van der Waals surface area (Å²) in [6.07, 6.45) is 2.62. The SMILES string of the molecule is CCOc1ccc(CCNC(=O)[C@@H]2C[C@@H](O)CN2C2CCOCC2)cc1OCC. The van der Waals surface area contributed by atoms with Crippen molar-refractivity contribution in [1.29, 1.82) is 0 Å². The van der Waals surface area contributed by atoms with Gasteiger partial charge in [-0.1, -0.05) is 6.07 Å². The number of benzene rings is 1. The minimum Gasteiger partial charge on any atom is -0.490 e. The zero-order valence-electron chi connectivity index (χ0n) is 17.6. The molecular weight excluding hydrogens is 372 g/mol. The molecule has 0 aromatic heterocycles. The number of aliphatic hydroxyl groups is 1. The van der Waals surface area contributed by atoms with Gasteiger partial charge >= 0.3 is 0 Å². The van der Waals surface area contributed by atoms with Gasteiger partial charge < -0.3 is 24.6 Å². The molecule has 0 saturated carbocycles. The summed E-state index contributed by atoms with van der Waals surface area (Å²) < 4.78 is 16.7. The Morgan fingerprint density at radius 3 is 2.66 bits per heavy atom. The van der Waals surface area contributed by atoms with Crippen LogP contribution in [0.5, 0.6) is 11.5 Å². The summed E-state index contributed by atoms with van der Waals surface area (Å²) in [7, 11) is 0. The molecule has 3 rings (SSSR count). The van der Waals surface area contributed by atoms with Gasteiger partial charge in [-0.15, -0.1) is 0 Å². The Labute approximate surface area is 173 Å². The first kappa shape index (κ1) is 21.9. The highest BCUT2D eigenvalue weighted by atomic mass is 16.5. The van der Waals surface area contributed by atoms with E-state index in [9.17, 15) is 9.90 Å². The first-order valence-electron chi connectivity index (χ1n) is 10.8. The van der Waals surface area contributed by atoms with Crippen molar-refractivity contribution in [1.82, 2.24) is 10.2 Å². The summed E-state index contributed by atoms with van der Waals surface area (Å²) in [4.78, 5) is 15.0. The topological polar surface area (TPSA) is 80.3 Å². The molecule has 0 spiro atoms. The molecule has 1 amide bonds. The molecule has 0 unspecified atom stereocenters. The highest BCUT2D eigenvalue weighted by Crippen LogP contribution is 2.29. The Bertz CT molecular complexity index is 663. The monoisotopic (exact) mass is 406 g/mol. The Hall–Kier alpha value is -1.83. The lowest BCUT2D eigenvalue weighted by Gasteiger charge is -2.34. The number of rotatable bonds is 9. The van der Waals surface area contributed by atoms with Crippen LogP contribution in [-0.4, -0.2) is 73.6 Å². The van der Waals surface area contributed by atoms with Crippen LogP contribution in [0.25, 0.3) is 0 Å². The number of β-amino-alcohol motifs (C(OH)–C–C–N with tert-alkyl or cyclic N) is 1. The van der Waals surface area contributed by atoms with E-state index in [0.29, 0.717) is 45.2 Å². The molecule has 2 aliphatic heterocycles. The van der Waals surface area contributed by atoms with Crippen LogP contribution in [0, 0.1) is 0 Å². The van der Waals surface area contributed by atoms with Crippen molar-refractivity contribution in [2.75, 3.05) is 39.5 Å². The summed E-state index contributed by atoms with van der Waals surface area (Å²) in [5, 5.41) is 13.2. The summed E-state index contributed by atoms with van der Waals surface area (Å²) in [6.45, 7) is 7.63. The van der Waals surface area contributed by atoms with Crippen LogP contribution in [0.2, 0.25) is 0 Å². The van der Waals surface area contributed by atoms with Crippen molar-refractivity contribution < 1.29 is 24.1 Å². The largest absolute Gasteiger partial charge is 0.490 e. The van der Waals surface area contributed by atoms with Crippen molar-refractivity contribution in [2.45, 2.75) is 57.7 Å². The number of hydrogen-bond donors (Lipinski definition) is 2. The Morgan fingerprint density at radius 1 is 1.21 bits per heavy atom. The second-order valence-electron chi connectivity index (χ2n) is 7.63. The number of carbonyl (C=O) groups excluding carboxylic acids is 1. The first-order valence-corrected chi connectivity index (χ1v) is 10.8. The average molecular weight is 407 g/mol. The molecule has 7 nitrogen and oxygen atoms in total. The summed E-state index contributed by atoms with van der Waals surface area (Å²) in [5.74, 6) is 1.49. The molecule has 162 valence electrons. The second-order valence-corrected chi connectivity index (χ2v) is 7.63. The normalized spacial score (nSPS) is 23.1. The van der Waals surface area contributed by atoms with E-state index in [1.54, 1.807) is 0 Å². The Balaban J connectivity index is 1.54. The van der Waals surface area contributed by atoms with E-state index >= 15 is 0 Å². The zero-order chi connectivity index (χ0) is 20.6. The average Bonchev–Trinajstić information content (AvgIpc) is 3.13. The van der Waals surface area contributed by atoms with Crippen LogP contribution in [0.4, 0.5) is 0 Å². The van der Waals surface area contributed by atoms with Crippen molar-refractivity contribution in [2.24, 2.45) is 0 Å². The van der Waals surface area contributed by atoms with E-state index < -0.39 is 6.10 Å². The van der Waals surface area contributed by atoms with Crippen LogP contribution in [-0.2, 0) is 16.0 Å². The molecular formula is C22H34N2O5. The molecule has 2 N–H and O–H groups in total. The van der Waals surface area contributed by atoms with Gasteiger partial charge in [-0.25, -0.2) is 0 Å². The van der Waals surface area contributed by atoms with Crippen LogP contribution in [0.15, 0.2) is 18.2 Å². The maximum atomic E-state index is 12.8. The van der Waals surface area contributed by atoms with Crippen LogP contribution in [0.1, 0.15) is 38.7 Å². The van der Waals surface area contributed by atoms with Gasteiger partial charge in [0.25, 0.3) is 0 Å². The van der Waals surface area contributed by atoms with Crippen LogP contribution < -0.4 is 14.8 Å². The Kier molecular flexibility index (Phi) is 8.15. The van der Waals surface area contributed by atoms with Crippen LogP contribution >= 0.6 is 0 Å². The fraction of sp³-hybridized carbons (Fsp3) is 0.682. The minimum absolute atomic E-state index is 0.00371. The third-order valence-electron chi connectivity index (χ3n) is 5.60. The minimum atomic E-state index is -0.437. The van der Waals surface area contributed by atoms with Gasteiger partial charge in [-0.2, -0.15) is 0 Å². The molecule has 29 heavy (non-hydrogen) atoms. The zero-order valence-corrected chi connectivity index (χ0v) is 17.6. The quantitative estimate of drug-likeness (QED) is 0.651. The van der Waals surface area contributed by atoms with Gasteiger partial charge in [0.2, 0.25) is 5.91 Å². The van der Waals surface area contributed by atoms with E-state index in [1.165, 1.54) is 0 Å². The highest BCUT2D eigenvalue weighted by Gasteiger charge is 2.39. The molecule has 0 bridgehead atoms. The fourth-order valence-corrected chi connectivity index (χ4v) is 4.22. The lowest BCUT2D eigenvalue weighted by Crippen LogP contribution is -2.49. The van der Waals surface area contributed by atoms with E-state index in [2.05, 4.69) is 10.2 Å². The maximum Gasteiger partial charge on any atom is 0.237 e. The van der Waals surface area contributed by atoms with Crippen molar-refractivity contribution in [3.8, 4) is 11.5 Å². The number of amides is 1. The lowest BCUT2D eigenvalue weighted by atomic mass is 10.1. The molecule has 2 atom stereocenters. The van der Waals surface area contributed by atoms with Gasteiger partial charge in [0.1, 0.15) is 0 Å². The van der Waals surface area contributed by atoms with Gasteiger partial charge in [0, 0.05) is 32.3 Å². The highest BCUT2D eigenvalue weighted by molar-refractivity contribution is 5.82. The third kappa shape index (κ3) is 5.84. The predicted octanol–water partition coefficient (Wildman–Crippen LogP) is 1.76. The smallest absolute Gasteiger partial charge is 0.237 e. The summed E-state index contributed by atoms with van der Waals surface area (Å²) in [5.41, 5.74) is 1.09. The number of nitrogens with zero attached hydrogens (tertiary/aromatic N) is 1. The molecule has 1 aromatic carbocycles. The number of hydrogen-bond acceptors (Lipinski definition) is 6. The molecule has 2 aliphatic rings. The van der Waals surface area contributed by atoms with Crippen molar-refractivity contribution in [3.05, 3.63) is 23.8 Å². The van der Waals surface area contributed by atoms with E-state index in [1.807, 2.05) is 32.0 Å². The van der Waals surface area contributed by atoms with E-state index in [4.69, 9.17) is 14.2 Å². The molecule has 0 aliphatic carbocycles. The number of aliphatic hydroxyl groups excluding tert-OH is 1. The second kappa shape index (κ2) is 10.8.